The molecule has 0 bridgehead atoms. The summed E-state index contributed by atoms with van der Waals surface area (Å²) < 4.78 is 38.0. The van der Waals surface area contributed by atoms with Crippen LogP contribution in [-0.4, -0.2) is 17.2 Å². The molecular weight excluding hydrogens is 331 g/mol. The van der Waals surface area contributed by atoms with Crippen LogP contribution in [0.25, 0.3) is 0 Å². The Hall–Kier alpha value is -2.05. The van der Waals surface area contributed by atoms with Crippen LogP contribution in [0.1, 0.15) is 17.2 Å². The molecule has 2 aromatic carbocycles. The van der Waals surface area contributed by atoms with E-state index < -0.39 is 23.8 Å². The summed E-state index contributed by atoms with van der Waals surface area (Å²) in [6.07, 6.45) is -7.49. The van der Waals surface area contributed by atoms with Gasteiger partial charge in [-0.1, -0.05) is 41.9 Å². The first kappa shape index (κ1) is 17.3. The van der Waals surface area contributed by atoms with Crippen molar-refractivity contribution >= 4 is 23.2 Å². The maximum atomic E-state index is 12.7. The van der Waals surface area contributed by atoms with Gasteiger partial charge in [-0.15, -0.1) is 0 Å². The minimum atomic E-state index is -4.81. The van der Waals surface area contributed by atoms with Crippen LogP contribution in [0.2, 0.25) is 5.02 Å². The fraction of sp³-hybridized carbons (Fsp3) is 0.188. The second-order valence-corrected chi connectivity index (χ2v) is 5.32. The Morgan fingerprint density at radius 1 is 1.13 bits per heavy atom. The second-order valence-electron chi connectivity index (χ2n) is 4.88. The smallest absolute Gasteiger partial charge is 0.379 e. The zero-order valence-corrected chi connectivity index (χ0v) is 12.5. The molecular formula is C16H13ClF3NO2. The molecule has 0 radical (unpaired) electrons. The Kier molecular flexibility index (Phi) is 5.28. The van der Waals surface area contributed by atoms with E-state index in [1.165, 1.54) is 18.2 Å². The Balaban J connectivity index is 2.13. The zero-order valence-electron chi connectivity index (χ0n) is 11.8. The molecule has 1 amide bonds. The molecule has 0 aliphatic rings. The van der Waals surface area contributed by atoms with Crippen LogP contribution in [0.4, 0.5) is 18.9 Å². The van der Waals surface area contributed by atoms with E-state index in [1.807, 2.05) is 0 Å². The van der Waals surface area contributed by atoms with Crippen molar-refractivity contribution < 1.29 is 23.1 Å². The highest BCUT2D eigenvalue weighted by Crippen LogP contribution is 2.35. The average Bonchev–Trinajstić information content (AvgIpc) is 2.48. The molecule has 3 nitrogen and oxygen atoms in total. The molecule has 23 heavy (non-hydrogen) atoms. The lowest BCUT2D eigenvalue weighted by atomic mass is 10.1. The number of para-hydroxylation sites is 1. The molecule has 0 heterocycles. The molecule has 2 aromatic rings. The van der Waals surface area contributed by atoms with Crippen molar-refractivity contribution in [3.63, 3.8) is 0 Å². The highest BCUT2D eigenvalue weighted by Gasteiger charge is 2.40. The third-order valence-corrected chi connectivity index (χ3v) is 3.37. The standard InChI is InChI=1S/C16H13ClF3NO2/c17-11-7-5-10(6-8-11)9-14(22)21-13-4-2-1-3-12(13)15(23)16(18,19)20/h1-8,15,23H,9H2,(H,21,22). The first-order valence-corrected chi connectivity index (χ1v) is 7.03. The number of carbonyl (C=O) groups excluding carboxylic acids is 1. The number of rotatable bonds is 4. The van der Waals surface area contributed by atoms with Gasteiger partial charge in [0.25, 0.3) is 0 Å². The number of amides is 1. The van der Waals surface area contributed by atoms with Crippen molar-refractivity contribution in [1.29, 1.82) is 0 Å². The molecule has 0 saturated heterocycles. The van der Waals surface area contributed by atoms with Gasteiger partial charge in [0, 0.05) is 16.3 Å². The molecule has 0 aliphatic heterocycles. The lowest BCUT2D eigenvalue weighted by molar-refractivity contribution is -0.206. The number of alkyl halides is 3. The number of nitrogens with one attached hydrogen (secondary N) is 1. The van der Waals surface area contributed by atoms with Gasteiger partial charge in [0.2, 0.25) is 5.91 Å². The van der Waals surface area contributed by atoms with Crippen molar-refractivity contribution in [2.45, 2.75) is 18.7 Å². The van der Waals surface area contributed by atoms with Crippen LogP contribution >= 0.6 is 11.6 Å². The molecule has 0 fully saturated rings. The van der Waals surface area contributed by atoms with Crippen LogP contribution in [0.5, 0.6) is 0 Å². The Bertz CT molecular complexity index is 686. The summed E-state index contributed by atoms with van der Waals surface area (Å²) in [6, 6.07) is 11.8. The van der Waals surface area contributed by atoms with Gasteiger partial charge in [-0.25, -0.2) is 0 Å². The van der Waals surface area contributed by atoms with Crippen molar-refractivity contribution in [2.24, 2.45) is 0 Å². The first-order valence-electron chi connectivity index (χ1n) is 6.65. The highest BCUT2D eigenvalue weighted by atomic mass is 35.5. The topological polar surface area (TPSA) is 49.3 Å². The quantitative estimate of drug-likeness (QED) is 0.877. The lowest BCUT2D eigenvalue weighted by Gasteiger charge is -2.18. The number of halogens is 4. The minimum Gasteiger partial charge on any atom is -0.379 e. The molecule has 1 unspecified atom stereocenters. The maximum Gasteiger partial charge on any atom is 0.418 e. The summed E-state index contributed by atoms with van der Waals surface area (Å²) in [5.41, 5.74) is 0.196. The summed E-state index contributed by atoms with van der Waals surface area (Å²) in [7, 11) is 0. The van der Waals surface area contributed by atoms with Gasteiger partial charge in [-0.3, -0.25) is 4.79 Å². The Labute approximate surface area is 135 Å². The van der Waals surface area contributed by atoms with E-state index in [0.717, 1.165) is 6.07 Å². The number of hydrogen-bond donors (Lipinski definition) is 2. The zero-order chi connectivity index (χ0) is 17.0. The van der Waals surface area contributed by atoms with Gasteiger partial charge >= 0.3 is 6.18 Å². The monoisotopic (exact) mass is 343 g/mol. The van der Waals surface area contributed by atoms with Gasteiger partial charge in [-0.2, -0.15) is 13.2 Å². The van der Waals surface area contributed by atoms with Crippen molar-refractivity contribution in [3.05, 3.63) is 64.7 Å². The first-order chi connectivity index (χ1) is 10.8. The highest BCUT2D eigenvalue weighted by molar-refractivity contribution is 6.30. The lowest BCUT2D eigenvalue weighted by Crippen LogP contribution is -2.23. The molecule has 0 saturated carbocycles. The van der Waals surface area contributed by atoms with E-state index in [2.05, 4.69) is 5.32 Å². The molecule has 2 N–H and O–H groups in total. The summed E-state index contributed by atoms with van der Waals surface area (Å²) in [5, 5.41) is 12.3. The fourth-order valence-corrected chi connectivity index (χ4v) is 2.13. The molecule has 2 rings (SSSR count). The van der Waals surface area contributed by atoms with Crippen molar-refractivity contribution in [1.82, 2.24) is 0 Å². The predicted octanol–water partition coefficient (Wildman–Crippen LogP) is 4.12. The molecule has 0 aliphatic carbocycles. The number of benzene rings is 2. The third-order valence-electron chi connectivity index (χ3n) is 3.12. The molecule has 7 heteroatoms. The van der Waals surface area contributed by atoms with Crippen LogP contribution in [0.3, 0.4) is 0 Å². The van der Waals surface area contributed by atoms with Crippen LogP contribution in [0, 0.1) is 0 Å². The van der Waals surface area contributed by atoms with Gasteiger partial charge in [0.05, 0.1) is 6.42 Å². The van der Waals surface area contributed by atoms with Gasteiger partial charge in [0.1, 0.15) is 0 Å². The summed E-state index contributed by atoms with van der Waals surface area (Å²) in [4.78, 5) is 12.0. The van der Waals surface area contributed by atoms with E-state index in [4.69, 9.17) is 11.6 Å². The maximum absolute atomic E-state index is 12.7. The van der Waals surface area contributed by atoms with E-state index in [9.17, 15) is 23.1 Å². The van der Waals surface area contributed by atoms with Crippen LogP contribution in [0.15, 0.2) is 48.5 Å². The SMILES string of the molecule is O=C(Cc1ccc(Cl)cc1)Nc1ccccc1C(O)C(F)(F)F. The molecule has 0 spiro atoms. The summed E-state index contributed by atoms with van der Waals surface area (Å²) >= 11 is 5.74. The molecule has 0 aromatic heterocycles. The largest absolute Gasteiger partial charge is 0.418 e. The predicted molar refractivity (Wildman–Crippen MR) is 81.2 cm³/mol. The summed E-state index contributed by atoms with van der Waals surface area (Å²) in [6.45, 7) is 0. The van der Waals surface area contributed by atoms with Crippen LogP contribution in [-0.2, 0) is 11.2 Å². The molecule has 1 atom stereocenters. The van der Waals surface area contributed by atoms with E-state index in [0.29, 0.717) is 10.6 Å². The van der Waals surface area contributed by atoms with Crippen LogP contribution < -0.4 is 5.32 Å². The molecule has 122 valence electrons. The van der Waals surface area contributed by atoms with Gasteiger partial charge in [-0.05, 0) is 23.8 Å². The van der Waals surface area contributed by atoms with E-state index in [-0.39, 0.29) is 12.1 Å². The minimum absolute atomic E-state index is 0.0202. The fourth-order valence-electron chi connectivity index (χ4n) is 2.01. The van der Waals surface area contributed by atoms with Gasteiger partial charge < -0.3 is 10.4 Å². The van der Waals surface area contributed by atoms with Gasteiger partial charge in [0.15, 0.2) is 6.10 Å². The number of aliphatic hydroxyl groups excluding tert-OH is 1. The van der Waals surface area contributed by atoms with E-state index >= 15 is 0 Å². The number of carbonyl (C=O) groups is 1. The normalized spacial score (nSPS) is 12.7. The van der Waals surface area contributed by atoms with Crippen molar-refractivity contribution in [3.8, 4) is 0 Å². The van der Waals surface area contributed by atoms with E-state index in [1.54, 1.807) is 24.3 Å². The Morgan fingerprint density at radius 3 is 2.35 bits per heavy atom. The van der Waals surface area contributed by atoms with Crippen molar-refractivity contribution in [2.75, 3.05) is 5.32 Å². The third kappa shape index (κ3) is 4.71. The second kappa shape index (κ2) is 7.02. The average molecular weight is 344 g/mol. The summed E-state index contributed by atoms with van der Waals surface area (Å²) in [5.74, 6) is -0.492. The number of hydrogen-bond acceptors (Lipinski definition) is 2. The number of anilines is 1. The Morgan fingerprint density at radius 2 is 1.74 bits per heavy atom. The number of aliphatic hydroxyl groups is 1.